The molecular weight excluding hydrogens is 292 g/mol. The SMILES string of the molecule is COCCNC(=O)CNC(=O)CCc1ccc(C)c(Cl)c1. The zero-order valence-corrected chi connectivity index (χ0v) is 13.1. The molecule has 2 amide bonds. The monoisotopic (exact) mass is 312 g/mol. The van der Waals surface area contributed by atoms with E-state index in [2.05, 4.69) is 10.6 Å². The van der Waals surface area contributed by atoms with Crippen molar-refractivity contribution in [2.75, 3.05) is 26.8 Å². The topological polar surface area (TPSA) is 67.4 Å². The van der Waals surface area contributed by atoms with Gasteiger partial charge in [0, 0.05) is 25.1 Å². The number of amides is 2. The Morgan fingerprint density at radius 3 is 2.67 bits per heavy atom. The third-order valence-electron chi connectivity index (χ3n) is 2.95. The van der Waals surface area contributed by atoms with Crippen molar-refractivity contribution in [2.24, 2.45) is 0 Å². The third kappa shape index (κ3) is 7.11. The molecular formula is C15H21ClN2O3. The molecule has 1 aromatic rings. The number of hydrogen-bond acceptors (Lipinski definition) is 3. The highest BCUT2D eigenvalue weighted by Gasteiger charge is 2.06. The first-order valence-corrected chi connectivity index (χ1v) is 7.18. The first-order chi connectivity index (χ1) is 10.0. The predicted molar refractivity (Wildman–Crippen MR) is 82.4 cm³/mol. The number of ether oxygens (including phenoxy) is 1. The zero-order valence-electron chi connectivity index (χ0n) is 12.4. The fourth-order valence-electron chi connectivity index (χ4n) is 1.67. The number of hydrogen-bond donors (Lipinski definition) is 2. The number of methoxy groups -OCH3 is 1. The first kappa shape index (κ1) is 17.5. The van der Waals surface area contributed by atoms with Crippen LogP contribution in [0.2, 0.25) is 5.02 Å². The van der Waals surface area contributed by atoms with Gasteiger partial charge < -0.3 is 15.4 Å². The molecule has 0 saturated carbocycles. The van der Waals surface area contributed by atoms with E-state index in [4.69, 9.17) is 16.3 Å². The summed E-state index contributed by atoms with van der Waals surface area (Å²) in [6.45, 7) is 2.80. The van der Waals surface area contributed by atoms with Gasteiger partial charge in [-0.25, -0.2) is 0 Å². The van der Waals surface area contributed by atoms with E-state index in [-0.39, 0.29) is 18.4 Å². The van der Waals surface area contributed by atoms with Gasteiger partial charge in [0.05, 0.1) is 13.2 Å². The van der Waals surface area contributed by atoms with E-state index in [0.717, 1.165) is 11.1 Å². The third-order valence-corrected chi connectivity index (χ3v) is 3.36. The summed E-state index contributed by atoms with van der Waals surface area (Å²) in [4.78, 5) is 23.0. The fraction of sp³-hybridized carbons (Fsp3) is 0.467. The van der Waals surface area contributed by atoms with Crippen molar-refractivity contribution in [3.8, 4) is 0 Å². The number of halogens is 1. The summed E-state index contributed by atoms with van der Waals surface area (Å²) in [5.41, 5.74) is 2.02. The predicted octanol–water partition coefficient (Wildman–Crippen LogP) is 1.46. The summed E-state index contributed by atoms with van der Waals surface area (Å²) in [5.74, 6) is -0.382. The molecule has 5 nitrogen and oxygen atoms in total. The number of nitrogens with one attached hydrogen (secondary N) is 2. The van der Waals surface area contributed by atoms with E-state index >= 15 is 0 Å². The van der Waals surface area contributed by atoms with Crippen LogP contribution in [0.3, 0.4) is 0 Å². The molecule has 0 spiro atoms. The van der Waals surface area contributed by atoms with Crippen LogP contribution in [0.15, 0.2) is 18.2 Å². The second-order valence-corrected chi connectivity index (χ2v) is 5.11. The first-order valence-electron chi connectivity index (χ1n) is 6.80. The van der Waals surface area contributed by atoms with Crippen molar-refractivity contribution in [1.82, 2.24) is 10.6 Å². The lowest BCUT2D eigenvalue weighted by atomic mass is 10.1. The Morgan fingerprint density at radius 1 is 1.24 bits per heavy atom. The van der Waals surface area contributed by atoms with Crippen LogP contribution < -0.4 is 10.6 Å². The smallest absolute Gasteiger partial charge is 0.239 e. The molecule has 0 fully saturated rings. The molecule has 2 N–H and O–H groups in total. The molecule has 0 aromatic heterocycles. The minimum Gasteiger partial charge on any atom is -0.383 e. The second-order valence-electron chi connectivity index (χ2n) is 4.70. The van der Waals surface area contributed by atoms with Gasteiger partial charge in [0.1, 0.15) is 0 Å². The van der Waals surface area contributed by atoms with Crippen molar-refractivity contribution < 1.29 is 14.3 Å². The average Bonchev–Trinajstić information content (AvgIpc) is 2.46. The number of carbonyl (C=O) groups excluding carboxylic acids is 2. The molecule has 0 saturated heterocycles. The Labute approximate surface area is 130 Å². The van der Waals surface area contributed by atoms with Gasteiger partial charge in [0.25, 0.3) is 0 Å². The van der Waals surface area contributed by atoms with Gasteiger partial charge in [0.15, 0.2) is 0 Å². The van der Waals surface area contributed by atoms with Crippen LogP contribution in [-0.2, 0) is 20.7 Å². The van der Waals surface area contributed by atoms with Crippen molar-refractivity contribution in [3.63, 3.8) is 0 Å². The number of benzene rings is 1. The highest BCUT2D eigenvalue weighted by atomic mass is 35.5. The van der Waals surface area contributed by atoms with Crippen LogP contribution in [0.4, 0.5) is 0 Å². The molecule has 116 valence electrons. The maximum Gasteiger partial charge on any atom is 0.239 e. The van der Waals surface area contributed by atoms with E-state index in [1.807, 2.05) is 25.1 Å². The van der Waals surface area contributed by atoms with Crippen LogP contribution in [0, 0.1) is 6.92 Å². The summed E-state index contributed by atoms with van der Waals surface area (Å²) in [6.07, 6.45) is 0.919. The lowest BCUT2D eigenvalue weighted by Gasteiger charge is -2.07. The summed E-state index contributed by atoms with van der Waals surface area (Å²) >= 11 is 6.03. The van der Waals surface area contributed by atoms with E-state index in [1.165, 1.54) is 0 Å². The standard InChI is InChI=1S/C15H21ClN2O3/c1-11-3-4-12(9-13(11)16)5-6-14(19)18-10-15(20)17-7-8-21-2/h3-4,9H,5-8,10H2,1-2H3,(H,17,20)(H,18,19). The molecule has 1 rings (SSSR count). The van der Waals surface area contributed by atoms with Crippen molar-refractivity contribution in [2.45, 2.75) is 19.8 Å². The quantitative estimate of drug-likeness (QED) is 0.714. The summed E-state index contributed by atoms with van der Waals surface area (Å²) in [7, 11) is 1.56. The van der Waals surface area contributed by atoms with Crippen molar-refractivity contribution in [1.29, 1.82) is 0 Å². The summed E-state index contributed by atoms with van der Waals surface area (Å²) < 4.78 is 4.81. The molecule has 0 unspecified atom stereocenters. The molecule has 0 heterocycles. The Morgan fingerprint density at radius 2 is 2.00 bits per heavy atom. The fourth-order valence-corrected chi connectivity index (χ4v) is 1.88. The van der Waals surface area contributed by atoms with Crippen LogP contribution in [-0.4, -0.2) is 38.6 Å². The zero-order chi connectivity index (χ0) is 15.7. The molecule has 0 aliphatic heterocycles. The molecule has 0 radical (unpaired) electrons. The highest BCUT2D eigenvalue weighted by Crippen LogP contribution is 2.17. The summed E-state index contributed by atoms with van der Waals surface area (Å²) in [5, 5.41) is 5.91. The molecule has 0 bridgehead atoms. The molecule has 0 aliphatic rings. The Hall–Kier alpha value is -1.59. The van der Waals surface area contributed by atoms with Gasteiger partial charge in [-0.3, -0.25) is 9.59 Å². The van der Waals surface area contributed by atoms with Crippen molar-refractivity contribution in [3.05, 3.63) is 34.3 Å². The van der Waals surface area contributed by atoms with Gasteiger partial charge in [-0.1, -0.05) is 23.7 Å². The Kier molecular flexibility index (Phi) is 7.79. The number of aryl methyl sites for hydroxylation is 2. The van der Waals surface area contributed by atoms with Crippen LogP contribution >= 0.6 is 11.6 Å². The maximum absolute atomic E-state index is 11.7. The number of rotatable bonds is 8. The van der Waals surface area contributed by atoms with Gasteiger partial charge in [-0.15, -0.1) is 0 Å². The molecule has 1 aromatic carbocycles. The van der Waals surface area contributed by atoms with E-state index in [1.54, 1.807) is 7.11 Å². The lowest BCUT2D eigenvalue weighted by Crippen LogP contribution is -2.38. The van der Waals surface area contributed by atoms with E-state index < -0.39 is 0 Å². The largest absolute Gasteiger partial charge is 0.383 e. The van der Waals surface area contributed by atoms with Gasteiger partial charge >= 0.3 is 0 Å². The molecule has 21 heavy (non-hydrogen) atoms. The molecule has 6 heteroatoms. The average molecular weight is 313 g/mol. The Bertz CT molecular complexity index is 492. The highest BCUT2D eigenvalue weighted by molar-refractivity contribution is 6.31. The normalized spacial score (nSPS) is 10.2. The minimum absolute atomic E-state index is 0.0167. The van der Waals surface area contributed by atoms with Crippen LogP contribution in [0.1, 0.15) is 17.5 Å². The number of carbonyl (C=O) groups is 2. The van der Waals surface area contributed by atoms with Gasteiger partial charge in [-0.2, -0.15) is 0 Å². The lowest BCUT2D eigenvalue weighted by molar-refractivity contribution is -0.126. The second kappa shape index (κ2) is 9.37. The minimum atomic E-state index is -0.223. The van der Waals surface area contributed by atoms with Gasteiger partial charge in [-0.05, 0) is 30.5 Å². The summed E-state index contributed by atoms with van der Waals surface area (Å²) in [6, 6.07) is 5.74. The maximum atomic E-state index is 11.7. The van der Waals surface area contributed by atoms with Crippen LogP contribution in [0.5, 0.6) is 0 Å². The van der Waals surface area contributed by atoms with E-state index in [9.17, 15) is 9.59 Å². The van der Waals surface area contributed by atoms with Gasteiger partial charge in [0.2, 0.25) is 11.8 Å². The van der Waals surface area contributed by atoms with Crippen LogP contribution in [0.25, 0.3) is 0 Å². The molecule has 0 atom stereocenters. The Balaban J connectivity index is 2.24. The van der Waals surface area contributed by atoms with E-state index in [0.29, 0.717) is 31.0 Å². The van der Waals surface area contributed by atoms with Crippen molar-refractivity contribution >= 4 is 23.4 Å². The molecule has 0 aliphatic carbocycles.